The van der Waals surface area contributed by atoms with Crippen LogP contribution in [0.4, 0.5) is 0 Å². The van der Waals surface area contributed by atoms with Gasteiger partial charge < -0.3 is 10.6 Å². The molecule has 1 aliphatic rings. The van der Waals surface area contributed by atoms with Crippen LogP contribution < -0.4 is 5.73 Å². The second-order valence-corrected chi connectivity index (χ2v) is 4.47. The van der Waals surface area contributed by atoms with Gasteiger partial charge in [0.2, 0.25) is 5.91 Å². The summed E-state index contributed by atoms with van der Waals surface area (Å²) >= 11 is 0. The van der Waals surface area contributed by atoms with Gasteiger partial charge in [-0.2, -0.15) is 0 Å². The van der Waals surface area contributed by atoms with E-state index in [1.165, 1.54) is 5.56 Å². The van der Waals surface area contributed by atoms with Gasteiger partial charge in [-0.15, -0.1) is 0 Å². The van der Waals surface area contributed by atoms with Crippen molar-refractivity contribution in [2.24, 2.45) is 11.7 Å². The monoisotopic (exact) mass is 218 g/mol. The molecule has 1 aliphatic heterocycles. The largest absolute Gasteiger partial charge is 0.345 e. The Bertz CT molecular complexity index is 389. The number of likely N-dealkylation sites (tertiary alicyclic amines) is 1. The fraction of sp³-hybridized carbons (Fsp3) is 0.462. The molecule has 0 bridgehead atoms. The van der Waals surface area contributed by atoms with Crippen LogP contribution in [0.5, 0.6) is 0 Å². The normalized spacial score (nSPS) is 20.5. The van der Waals surface area contributed by atoms with E-state index in [1.807, 2.05) is 24.1 Å². The summed E-state index contributed by atoms with van der Waals surface area (Å²) in [6.45, 7) is 1.45. The van der Waals surface area contributed by atoms with Crippen molar-refractivity contribution in [2.75, 3.05) is 13.6 Å². The molecule has 1 saturated heterocycles. The maximum absolute atomic E-state index is 11.8. The van der Waals surface area contributed by atoms with Crippen LogP contribution in [0.15, 0.2) is 24.3 Å². The maximum Gasteiger partial charge on any atom is 0.225 e. The molecule has 1 aromatic rings. The van der Waals surface area contributed by atoms with Crippen LogP contribution in [0.25, 0.3) is 0 Å². The third-order valence-electron chi connectivity index (χ3n) is 3.25. The van der Waals surface area contributed by atoms with Gasteiger partial charge in [-0.05, 0) is 24.0 Å². The first kappa shape index (κ1) is 11.1. The fourth-order valence-corrected chi connectivity index (χ4v) is 2.25. The summed E-state index contributed by atoms with van der Waals surface area (Å²) in [6, 6.07) is 8.21. The van der Waals surface area contributed by atoms with E-state index in [1.54, 1.807) is 0 Å². The Balaban J connectivity index is 2.06. The van der Waals surface area contributed by atoms with Crippen molar-refractivity contribution >= 4 is 5.91 Å². The first-order chi connectivity index (χ1) is 7.70. The summed E-state index contributed by atoms with van der Waals surface area (Å²) in [5, 5.41) is 0. The van der Waals surface area contributed by atoms with Gasteiger partial charge in [0.15, 0.2) is 0 Å². The highest BCUT2D eigenvalue weighted by Crippen LogP contribution is 2.21. The summed E-state index contributed by atoms with van der Waals surface area (Å²) in [5.41, 5.74) is 7.96. The molecule has 0 spiro atoms. The highest BCUT2D eigenvalue weighted by Gasteiger charge is 2.28. The lowest BCUT2D eigenvalue weighted by Gasteiger charge is -2.10. The van der Waals surface area contributed by atoms with E-state index in [0.717, 1.165) is 24.9 Å². The zero-order chi connectivity index (χ0) is 11.5. The molecule has 3 heteroatoms. The first-order valence-corrected chi connectivity index (χ1v) is 5.73. The predicted molar refractivity (Wildman–Crippen MR) is 63.8 cm³/mol. The number of hydrogen-bond donors (Lipinski definition) is 1. The molecule has 1 unspecified atom stereocenters. The third kappa shape index (κ3) is 2.25. The van der Waals surface area contributed by atoms with Crippen LogP contribution >= 0.6 is 0 Å². The molecule has 1 heterocycles. The molecule has 1 aromatic carbocycles. The minimum atomic E-state index is 0.165. The Morgan fingerprint density at radius 3 is 2.81 bits per heavy atom. The Morgan fingerprint density at radius 1 is 1.44 bits per heavy atom. The molecule has 3 nitrogen and oxygen atoms in total. The Morgan fingerprint density at radius 2 is 2.19 bits per heavy atom. The predicted octanol–water partition coefficient (Wildman–Crippen LogP) is 1.17. The molecular weight excluding hydrogens is 200 g/mol. The van der Waals surface area contributed by atoms with Crippen LogP contribution in [0.2, 0.25) is 0 Å². The van der Waals surface area contributed by atoms with Crippen LogP contribution in [0.3, 0.4) is 0 Å². The standard InChI is InChI=1S/C13H18N2O/c1-15-6-5-12(13(15)16)8-10-3-2-4-11(7-10)9-14/h2-4,7,12H,5-6,8-9,14H2,1H3. The van der Waals surface area contributed by atoms with Crippen LogP contribution in [0.1, 0.15) is 17.5 Å². The second kappa shape index (κ2) is 4.66. The highest BCUT2D eigenvalue weighted by molar-refractivity contribution is 5.80. The fourth-order valence-electron chi connectivity index (χ4n) is 2.25. The van der Waals surface area contributed by atoms with Gasteiger partial charge in [-0.3, -0.25) is 4.79 Å². The molecule has 0 radical (unpaired) electrons. The summed E-state index contributed by atoms with van der Waals surface area (Å²) < 4.78 is 0. The minimum absolute atomic E-state index is 0.165. The van der Waals surface area contributed by atoms with Gasteiger partial charge in [0.1, 0.15) is 0 Å². The molecule has 0 aromatic heterocycles. The van der Waals surface area contributed by atoms with E-state index < -0.39 is 0 Å². The average molecular weight is 218 g/mol. The molecule has 1 fully saturated rings. The number of benzene rings is 1. The molecule has 86 valence electrons. The van der Waals surface area contributed by atoms with E-state index in [-0.39, 0.29) is 11.8 Å². The SMILES string of the molecule is CN1CCC(Cc2cccc(CN)c2)C1=O. The van der Waals surface area contributed by atoms with Crippen molar-refractivity contribution in [1.82, 2.24) is 4.90 Å². The third-order valence-corrected chi connectivity index (χ3v) is 3.25. The van der Waals surface area contributed by atoms with E-state index in [0.29, 0.717) is 6.54 Å². The molecule has 1 atom stereocenters. The lowest BCUT2D eigenvalue weighted by molar-refractivity contribution is -0.129. The minimum Gasteiger partial charge on any atom is -0.345 e. The van der Waals surface area contributed by atoms with Gasteiger partial charge >= 0.3 is 0 Å². The van der Waals surface area contributed by atoms with Crippen molar-refractivity contribution in [3.8, 4) is 0 Å². The number of amides is 1. The number of nitrogens with two attached hydrogens (primary N) is 1. The van der Waals surface area contributed by atoms with Crippen molar-refractivity contribution in [3.63, 3.8) is 0 Å². The van der Waals surface area contributed by atoms with Crippen LogP contribution in [0, 0.1) is 5.92 Å². The average Bonchev–Trinajstić information content (AvgIpc) is 2.61. The van der Waals surface area contributed by atoms with Crippen LogP contribution in [-0.2, 0) is 17.8 Å². The molecule has 0 saturated carbocycles. The van der Waals surface area contributed by atoms with E-state index in [4.69, 9.17) is 5.73 Å². The first-order valence-electron chi connectivity index (χ1n) is 5.73. The number of carbonyl (C=O) groups excluding carboxylic acids is 1. The highest BCUT2D eigenvalue weighted by atomic mass is 16.2. The molecule has 2 N–H and O–H groups in total. The summed E-state index contributed by atoms with van der Waals surface area (Å²) in [6.07, 6.45) is 1.82. The molecule has 1 amide bonds. The number of carbonyl (C=O) groups is 1. The summed E-state index contributed by atoms with van der Waals surface area (Å²) in [4.78, 5) is 13.6. The van der Waals surface area contributed by atoms with Gasteiger partial charge in [0, 0.05) is 26.1 Å². The molecule has 16 heavy (non-hydrogen) atoms. The smallest absolute Gasteiger partial charge is 0.225 e. The van der Waals surface area contributed by atoms with E-state index in [9.17, 15) is 4.79 Å². The van der Waals surface area contributed by atoms with E-state index >= 15 is 0 Å². The van der Waals surface area contributed by atoms with Crippen molar-refractivity contribution in [1.29, 1.82) is 0 Å². The number of hydrogen-bond acceptors (Lipinski definition) is 2. The van der Waals surface area contributed by atoms with Gasteiger partial charge in [0.25, 0.3) is 0 Å². The zero-order valence-corrected chi connectivity index (χ0v) is 9.65. The summed E-state index contributed by atoms with van der Waals surface area (Å²) in [7, 11) is 1.87. The Kier molecular flexibility index (Phi) is 3.25. The lowest BCUT2D eigenvalue weighted by atomic mass is 9.97. The van der Waals surface area contributed by atoms with Crippen molar-refractivity contribution < 1.29 is 4.79 Å². The summed E-state index contributed by atoms with van der Waals surface area (Å²) in [5.74, 6) is 0.441. The molecular formula is C13H18N2O. The quantitative estimate of drug-likeness (QED) is 0.827. The molecule has 0 aliphatic carbocycles. The van der Waals surface area contributed by atoms with Gasteiger partial charge in [-0.1, -0.05) is 24.3 Å². The van der Waals surface area contributed by atoms with Crippen molar-refractivity contribution in [2.45, 2.75) is 19.4 Å². The Hall–Kier alpha value is -1.35. The van der Waals surface area contributed by atoms with E-state index in [2.05, 4.69) is 12.1 Å². The lowest BCUT2D eigenvalue weighted by Crippen LogP contribution is -2.23. The van der Waals surface area contributed by atoms with Gasteiger partial charge in [-0.25, -0.2) is 0 Å². The maximum atomic E-state index is 11.8. The Labute approximate surface area is 96.2 Å². The van der Waals surface area contributed by atoms with Crippen LogP contribution in [-0.4, -0.2) is 24.4 Å². The molecule has 2 rings (SSSR count). The number of nitrogens with zero attached hydrogens (tertiary/aromatic N) is 1. The van der Waals surface area contributed by atoms with Gasteiger partial charge in [0.05, 0.1) is 0 Å². The topological polar surface area (TPSA) is 46.3 Å². The zero-order valence-electron chi connectivity index (χ0n) is 9.65. The number of rotatable bonds is 3. The van der Waals surface area contributed by atoms with Crippen molar-refractivity contribution in [3.05, 3.63) is 35.4 Å². The second-order valence-electron chi connectivity index (χ2n) is 4.47.